The zero-order valence-electron chi connectivity index (χ0n) is 18.9. The fraction of sp³-hybridized carbons (Fsp3) is 0.348. The lowest BCUT2D eigenvalue weighted by atomic mass is 10.1. The number of benzene rings is 1. The van der Waals surface area contributed by atoms with Crippen LogP contribution in [0.2, 0.25) is 0 Å². The van der Waals surface area contributed by atoms with E-state index in [0.717, 1.165) is 23.8 Å². The van der Waals surface area contributed by atoms with Crippen LogP contribution in [0.5, 0.6) is 0 Å². The Labute approximate surface area is 208 Å². The van der Waals surface area contributed by atoms with Crippen molar-refractivity contribution in [1.82, 2.24) is 9.88 Å². The summed E-state index contributed by atoms with van der Waals surface area (Å²) in [5.74, 6) is -5.86. The van der Waals surface area contributed by atoms with E-state index in [0.29, 0.717) is 31.1 Å². The van der Waals surface area contributed by atoms with E-state index in [1.807, 2.05) is 0 Å². The maximum absolute atomic E-state index is 13.4. The maximum Gasteiger partial charge on any atom is 0.325 e. The third-order valence-electron chi connectivity index (χ3n) is 6.36. The van der Waals surface area contributed by atoms with E-state index in [1.165, 1.54) is 12.1 Å². The van der Waals surface area contributed by atoms with Crippen LogP contribution in [-0.2, 0) is 25.5 Å². The van der Waals surface area contributed by atoms with Crippen LogP contribution < -0.4 is 9.62 Å². The highest BCUT2D eigenvalue weighted by molar-refractivity contribution is 7.91. The molecule has 2 unspecified atom stereocenters. The van der Waals surface area contributed by atoms with E-state index >= 15 is 0 Å². The molecule has 0 radical (unpaired) electrons. The van der Waals surface area contributed by atoms with Gasteiger partial charge in [-0.1, -0.05) is 17.3 Å². The smallest absolute Gasteiger partial charge is 0.325 e. The molecule has 1 aliphatic carbocycles. The van der Waals surface area contributed by atoms with E-state index in [1.54, 1.807) is 29.2 Å². The normalized spacial score (nSPS) is 22.2. The predicted molar refractivity (Wildman–Crippen MR) is 125 cm³/mol. The third kappa shape index (κ3) is 4.31. The van der Waals surface area contributed by atoms with E-state index in [4.69, 9.17) is 0 Å². The molecule has 3 heterocycles. The first kappa shape index (κ1) is 24.5. The molecule has 5 rings (SSSR count). The molecule has 2 fully saturated rings. The first-order valence-electron chi connectivity index (χ1n) is 11.0. The Balaban J connectivity index is 1.38. The van der Waals surface area contributed by atoms with Crippen LogP contribution in [0.1, 0.15) is 43.4 Å². The number of carboxylic acid groups (broad SMARTS) is 1. The highest BCUT2D eigenvalue weighted by Crippen LogP contribution is 2.53. The number of aliphatic carboxylic acids is 1. The summed E-state index contributed by atoms with van der Waals surface area (Å²) in [6.45, 7) is 1.23. The largest absolute Gasteiger partial charge is 0.480 e. The van der Waals surface area contributed by atoms with Crippen LogP contribution >= 0.6 is 11.3 Å². The quantitative estimate of drug-likeness (QED) is 0.445. The van der Waals surface area contributed by atoms with Gasteiger partial charge in [-0.05, 0) is 42.7 Å². The topological polar surface area (TPSA) is 130 Å². The number of anilines is 1. The van der Waals surface area contributed by atoms with Gasteiger partial charge in [-0.3, -0.25) is 9.59 Å². The number of halogens is 2. The van der Waals surface area contributed by atoms with Crippen LogP contribution in [-0.4, -0.2) is 42.6 Å². The zero-order chi connectivity index (χ0) is 25.9. The lowest BCUT2D eigenvalue weighted by Gasteiger charge is -2.18. The van der Waals surface area contributed by atoms with Gasteiger partial charge in [-0.15, -0.1) is 11.3 Å². The van der Waals surface area contributed by atoms with Crippen molar-refractivity contribution < 1.29 is 36.4 Å². The van der Waals surface area contributed by atoms with Gasteiger partial charge in [-0.25, -0.2) is 8.42 Å². The number of carbonyl (C=O) groups is 2. The van der Waals surface area contributed by atoms with Gasteiger partial charge in [0, 0.05) is 37.6 Å². The molecule has 0 bridgehead atoms. The van der Waals surface area contributed by atoms with Gasteiger partial charge in [-0.2, -0.15) is 13.5 Å². The number of amides is 1. The summed E-state index contributed by atoms with van der Waals surface area (Å²) < 4.78 is 59.9. The van der Waals surface area contributed by atoms with Crippen molar-refractivity contribution in [2.75, 3.05) is 11.4 Å². The van der Waals surface area contributed by atoms with E-state index in [-0.39, 0.29) is 27.1 Å². The number of rotatable bonds is 8. The molecule has 36 heavy (non-hydrogen) atoms. The number of thiophene rings is 1. The summed E-state index contributed by atoms with van der Waals surface area (Å²) in [6.07, 6.45) is 1.23. The van der Waals surface area contributed by atoms with Crippen LogP contribution in [0, 0.1) is 0 Å². The van der Waals surface area contributed by atoms with Crippen molar-refractivity contribution in [2.24, 2.45) is 0 Å². The lowest BCUT2D eigenvalue weighted by molar-refractivity contribution is -0.140. The Bertz CT molecular complexity index is 1460. The standard InChI is InChI=1S/C23H21F2N3O6S2/c1-22(24,25)18-11-16(26-34-18)17-7-8-20(35-17)36(32,33)27-23(21(30)31)12-15(23)13-4-2-5-14(10-13)28-9-3-6-19(28)29/h2,4-5,7-8,10-11,15,27H,3,6,9,12H2,1H3,(H,30,31). The first-order chi connectivity index (χ1) is 16.9. The molecule has 9 nitrogen and oxygen atoms in total. The highest BCUT2D eigenvalue weighted by Gasteiger charge is 2.63. The molecule has 3 aromatic rings. The molecule has 2 atom stereocenters. The summed E-state index contributed by atoms with van der Waals surface area (Å²) in [5, 5.41) is 13.5. The molecule has 2 aliphatic rings. The van der Waals surface area contributed by atoms with Crippen LogP contribution in [0.25, 0.3) is 10.6 Å². The zero-order valence-corrected chi connectivity index (χ0v) is 20.5. The van der Waals surface area contributed by atoms with Gasteiger partial charge >= 0.3 is 11.9 Å². The number of carbonyl (C=O) groups excluding carboxylic acids is 1. The molecule has 190 valence electrons. The number of sulfonamides is 1. The SMILES string of the molecule is CC(F)(F)c1cc(-c2ccc(S(=O)(=O)NC3(C(=O)O)CC3c3cccc(N4CCCC4=O)c3)s2)no1. The first-order valence-corrected chi connectivity index (χ1v) is 13.3. The Morgan fingerprint density at radius 2 is 2.08 bits per heavy atom. The van der Waals surface area contributed by atoms with Crippen molar-refractivity contribution in [3.63, 3.8) is 0 Å². The molecule has 1 saturated heterocycles. The van der Waals surface area contributed by atoms with Crippen molar-refractivity contribution >= 4 is 38.9 Å². The van der Waals surface area contributed by atoms with E-state index in [2.05, 4.69) is 14.4 Å². The molecule has 0 spiro atoms. The van der Waals surface area contributed by atoms with Crippen LogP contribution in [0.15, 0.2) is 51.2 Å². The maximum atomic E-state index is 13.4. The third-order valence-corrected chi connectivity index (χ3v) is 9.47. The number of hydrogen-bond donors (Lipinski definition) is 2. The Morgan fingerprint density at radius 1 is 1.31 bits per heavy atom. The van der Waals surface area contributed by atoms with Gasteiger partial charge < -0.3 is 14.5 Å². The molecule has 2 aromatic heterocycles. The second-order valence-corrected chi connectivity index (χ2v) is 12.0. The summed E-state index contributed by atoms with van der Waals surface area (Å²) in [5.41, 5.74) is -0.443. The average molecular weight is 538 g/mol. The fourth-order valence-corrected chi connectivity index (χ4v) is 7.04. The number of alkyl halides is 2. The Hall–Kier alpha value is -3.16. The molecule has 13 heteroatoms. The van der Waals surface area contributed by atoms with Crippen molar-refractivity contribution in [1.29, 1.82) is 0 Å². The molecule has 1 aliphatic heterocycles. The molecule has 1 saturated carbocycles. The molecular formula is C23H21F2N3O6S2. The molecule has 1 aromatic carbocycles. The second kappa shape index (κ2) is 8.46. The Kier molecular flexibility index (Phi) is 5.76. The summed E-state index contributed by atoms with van der Waals surface area (Å²) in [4.78, 5) is 26.2. The lowest BCUT2D eigenvalue weighted by Crippen LogP contribution is -2.44. The minimum Gasteiger partial charge on any atom is -0.480 e. The highest BCUT2D eigenvalue weighted by atomic mass is 32.2. The molecule has 2 N–H and O–H groups in total. The van der Waals surface area contributed by atoms with Crippen molar-refractivity contribution in [2.45, 2.75) is 47.8 Å². The fourth-order valence-electron chi connectivity index (χ4n) is 4.38. The monoisotopic (exact) mass is 537 g/mol. The molecule has 1 amide bonds. The van der Waals surface area contributed by atoms with Gasteiger partial charge in [0.05, 0.1) is 4.88 Å². The van der Waals surface area contributed by atoms with Gasteiger partial charge in [0.25, 0.3) is 10.0 Å². The average Bonchev–Trinajstić information content (AvgIpc) is 3.26. The molecular weight excluding hydrogens is 516 g/mol. The van der Waals surface area contributed by atoms with E-state index in [9.17, 15) is 31.9 Å². The number of aromatic nitrogens is 1. The second-order valence-electron chi connectivity index (χ2n) is 8.97. The van der Waals surface area contributed by atoms with Gasteiger partial charge in [0.15, 0.2) is 0 Å². The van der Waals surface area contributed by atoms with Crippen molar-refractivity contribution in [3.8, 4) is 10.6 Å². The summed E-state index contributed by atoms with van der Waals surface area (Å²) >= 11 is 0.759. The van der Waals surface area contributed by atoms with Crippen molar-refractivity contribution in [3.05, 3.63) is 53.8 Å². The van der Waals surface area contributed by atoms with Crippen LogP contribution in [0.4, 0.5) is 14.5 Å². The van der Waals surface area contributed by atoms with Gasteiger partial charge in [0.1, 0.15) is 15.4 Å². The minimum absolute atomic E-state index is 0.0106. The predicted octanol–water partition coefficient (Wildman–Crippen LogP) is 3.93. The summed E-state index contributed by atoms with van der Waals surface area (Å²) in [6, 6.07) is 10.6. The number of nitrogens with zero attached hydrogens (tertiary/aromatic N) is 2. The minimum atomic E-state index is -4.27. The summed E-state index contributed by atoms with van der Waals surface area (Å²) in [7, 11) is -4.27. The van der Waals surface area contributed by atoms with Gasteiger partial charge in [0.2, 0.25) is 11.7 Å². The number of nitrogens with one attached hydrogen (secondary N) is 1. The van der Waals surface area contributed by atoms with E-state index < -0.39 is 39.1 Å². The number of carboxylic acids is 1. The Morgan fingerprint density at radius 3 is 2.72 bits per heavy atom. The number of hydrogen-bond acceptors (Lipinski definition) is 7. The van der Waals surface area contributed by atoms with Crippen LogP contribution in [0.3, 0.4) is 0 Å².